The Morgan fingerprint density at radius 2 is 1.96 bits per heavy atom. The average Bonchev–Trinajstić information content (AvgIpc) is 2.50. The van der Waals surface area contributed by atoms with Crippen molar-refractivity contribution in [2.75, 3.05) is 13.7 Å². The molecule has 0 aliphatic carbocycles. The summed E-state index contributed by atoms with van der Waals surface area (Å²) in [5, 5.41) is 5.48. The molecule has 23 heavy (non-hydrogen) atoms. The van der Waals surface area contributed by atoms with Gasteiger partial charge in [0.15, 0.2) is 0 Å². The summed E-state index contributed by atoms with van der Waals surface area (Å²) < 4.78 is 4.67. The van der Waals surface area contributed by atoms with Gasteiger partial charge in [0, 0.05) is 10.6 Å². The number of nitrogens with one attached hydrogen (secondary N) is 2. The molecule has 2 amide bonds. The van der Waals surface area contributed by atoms with Crippen LogP contribution in [0, 0.1) is 5.92 Å². The lowest BCUT2D eigenvalue weighted by atomic mass is 10.0. The van der Waals surface area contributed by atoms with E-state index in [4.69, 9.17) is 11.6 Å². The van der Waals surface area contributed by atoms with E-state index < -0.39 is 23.8 Å². The van der Waals surface area contributed by atoms with Crippen molar-refractivity contribution in [3.05, 3.63) is 34.9 Å². The first-order valence-corrected chi connectivity index (χ1v) is 7.62. The van der Waals surface area contributed by atoms with Gasteiger partial charge in [-0.2, -0.15) is 0 Å². The smallest absolute Gasteiger partial charge is 0.328 e. The Bertz CT molecular complexity index is 575. The van der Waals surface area contributed by atoms with Crippen LogP contribution < -0.4 is 10.6 Å². The third-order valence-corrected chi connectivity index (χ3v) is 3.26. The van der Waals surface area contributed by atoms with Gasteiger partial charge in [0.05, 0.1) is 13.7 Å². The van der Waals surface area contributed by atoms with Crippen LogP contribution in [-0.4, -0.2) is 37.5 Å². The van der Waals surface area contributed by atoms with Crippen LogP contribution in [0.3, 0.4) is 0 Å². The first kappa shape index (κ1) is 19.0. The van der Waals surface area contributed by atoms with Gasteiger partial charge in [0.1, 0.15) is 6.04 Å². The summed E-state index contributed by atoms with van der Waals surface area (Å²) in [6, 6.07) is 5.67. The van der Waals surface area contributed by atoms with Crippen LogP contribution in [-0.2, 0) is 14.3 Å². The number of halogens is 1. The topological polar surface area (TPSA) is 84.5 Å². The van der Waals surface area contributed by atoms with Crippen LogP contribution >= 0.6 is 11.6 Å². The lowest BCUT2D eigenvalue weighted by Crippen LogP contribution is -2.46. The number of amides is 2. The maximum absolute atomic E-state index is 11.9. The van der Waals surface area contributed by atoms with Crippen molar-refractivity contribution < 1.29 is 19.1 Å². The fraction of sp³-hybridized carbons (Fsp3) is 0.438. The number of ether oxygens (including phenoxy) is 1. The van der Waals surface area contributed by atoms with E-state index in [1.165, 1.54) is 13.2 Å². The maximum atomic E-state index is 11.9. The Morgan fingerprint density at radius 3 is 2.52 bits per heavy atom. The largest absolute Gasteiger partial charge is 0.467 e. The minimum atomic E-state index is -0.726. The Hall–Kier alpha value is -2.08. The fourth-order valence-electron chi connectivity index (χ4n) is 1.97. The molecule has 0 aliphatic rings. The third kappa shape index (κ3) is 6.69. The molecule has 7 heteroatoms. The van der Waals surface area contributed by atoms with E-state index in [1.807, 2.05) is 13.8 Å². The number of methoxy groups -OCH3 is 1. The molecule has 1 rings (SSSR count). The van der Waals surface area contributed by atoms with E-state index in [0.29, 0.717) is 17.0 Å². The summed E-state index contributed by atoms with van der Waals surface area (Å²) in [6.07, 6.45) is 0.459. The van der Waals surface area contributed by atoms with Gasteiger partial charge in [0.2, 0.25) is 5.91 Å². The van der Waals surface area contributed by atoms with Gasteiger partial charge in [-0.25, -0.2) is 4.79 Å². The molecule has 0 radical (unpaired) electrons. The van der Waals surface area contributed by atoms with E-state index >= 15 is 0 Å². The molecule has 0 heterocycles. The third-order valence-electron chi connectivity index (χ3n) is 3.02. The highest BCUT2D eigenvalue weighted by molar-refractivity contribution is 6.30. The number of carbonyl (C=O) groups is 3. The van der Waals surface area contributed by atoms with Crippen LogP contribution in [0.1, 0.15) is 30.6 Å². The number of rotatable bonds is 7. The highest BCUT2D eigenvalue weighted by atomic mass is 35.5. The molecule has 2 N–H and O–H groups in total. The second kappa shape index (κ2) is 9.15. The minimum Gasteiger partial charge on any atom is -0.467 e. The Labute approximate surface area is 140 Å². The van der Waals surface area contributed by atoms with Crippen molar-refractivity contribution in [2.24, 2.45) is 5.92 Å². The Balaban J connectivity index is 2.54. The van der Waals surface area contributed by atoms with Gasteiger partial charge >= 0.3 is 5.97 Å². The van der Waals surface area contributed by atoms with Crippen molar-refractivity contribution in [3.8, 4) is 0 Å². The van der Waals surface area contributed by atoms with Crippen LogP contribution in [0.5, 0.6) is 0 Å². The molecule has 0 saturated carbocycles. The van der Waals surface area contributed by atoms with Crippen LogP contribution in [0.2, 0.25) is 5.02 Å². The maximum Gasteiger partial charge on any atom is 0.328 e. The lowest BCUT2D eigenvalue weighted by Gasteiger charge is -2.18. The quantitative estimate of drug-likeness (QED) is 0.741. The zero-order chi connectivity index (χ0) is 17.4. The average molecular weight is 341 g/mol. The predicted molar refractivity (Wildman–Crippen MR) is 87.2 cm³/mol. The first-order valence-electron chi connectivity index (χ1n) is 7.24. The SMILES string of the molecule is COC(=O)[C@@H](CC(C)C)NC(=O)CNC(=O)c1cccc(Cl)c1. The van der Waals surface area contributed by atoms with Gasteiger partial charge in [-0.1, -0.05) is 31.5 Å². The molecule has 126 valence electrons. The predicted octanol–water partition coefficient (Wildman–Crippen LogP) is 1.77. The molecule has 0 aliphatic heterocycles. The Morgan fingerprint density at radius 1 is 1.26 bits per heavy atom. The highest BCUT2D eigenvalue weighted by Crippen LogP contribution is 2.10. The van der Waals surface area contributed by atoms with Crippen molar-refractivity contribution in [3.63, 3.8) is 0 Å². The number of esters is 1. The summed E-state index contributed by atoms with van der Waals surface area (Å²) in [4.78, 5) is 35.5. The van der Waals surface area contributed by atoms with E-state index in [1.54, 1.807) is 18.2 Å². The summed E-state index contributed by atoms with van der Waals surface area (Å²) in [5.74, 6) is -1.17. The summed E-state index contributed by atoms with van der Waals surface area (Å²) in [7, 11) is 1.27. The van der Waals surface area contributed by atoms with Gasteiger partial charge in [0.25, 0.3) is 5.91 Å². The second-order valence-corrected chi connectivity index (χ2v) is 5.90. The van der Waals surface area contributed by atoms with Crippen LogP contribution in [0.4, 0.5) is 0 Å². The van der Waals surface area contributed by atoms with Gasteiger partial charge in [-0.05, 0) is 30.5 Å². The number of carbonyl (C=O) groups excluding carboxylic acids is 3. The molecule has 1 aromatic carbocycles. The molecule has 0 unspecified atom stereocenters. The van der Waals surface area contributed by atoms with E-state index in [2.05, 4.69) is 15.4 Å². The molecule has 0 aromatic heterocycles. The molecule has 0 saturated heterocycles. The van der Waals surface area contributed by atoms with Crippen molar-refractivity contribution in [1.82, 2.24) is 10.6 Å². The Kier molecular flexibility index (Phi) is 7.54. The van der Waals surface area contributed by atoms with E-state index in [0.717, 1.165) is 0 Å². The van der Waals surface area contributed by atoms with E-state index in [-0.39, 0.29) is 12.5 Å². The number of benzene rings is 1. The van der Waals surface area contributed by atoms with E-state index in [9.17, 15) is 14.4 Å². The van der Waals surface area contributed by atoms with Gasteiger partial charge in [-0.3, -0.25) is 9.59 Å². The van der Waals surface area contributed by atoms with Crippen LogP contribution in [0.25, 0.3) is 0 Å². The molecular formula is C16H21ClN2O4. The standard InChI is InChI=1S/C16H21ClN2O4/c1-10(2)7-13(16(22)23-3)19-14(20)9-18-15(21)11-5-4-6-12(17)8-11/h4-6,8,10,13H,7,9H2,1-3H3,(H,18,21)(H,19,20)/t13-/m1/s1. The summed E-state index contributed by atoms with van der Waals surface area (Å²) in [6.45, 7) is 3.63. The number of hydrogen-bond donors (Lipinski definition) is 2. The number of hydrogen-bond acceptors (Lipinski definition) is 4. The van der Waals surface area contributed by atoms with Gasteiger partial charge < -0.3 is 15.4 Å². The molecule has 0 fully saturated rings. The van der Waals surface area contributed by atoms with Gasteiger partial charge in [-0.15, -0.1) is 0 Å². The summed E-state index contributed by atoms with van der Waals surface area (Å²) in [5.41, 5.74) is 0.358. The van der Waals surface area contributed by atoms with Crippen molar-refractivity contribution in [2.45, 2.75) is 26.3 Å². The summed E-state index contributed by atoms with van der Waals surface area (Å²) >= 11 is 5.81. The lowest BCUT2D eigenvalue weighted by molar-refractivity contribution is -0.145. The van der Waals surface area contributed by atoms with Crippen molar-refractivity contribution >= 4 is 29.4 Å². The van der Waals surface area contributed by atoms with Crippen molar-refractivity contribution in [1.29, 1.82) is 0 Å². The highest BCUT2D eigenvalue weighted by Gasteiger charge is 2.22. The molecule has 1 atom stereocenters. The fourth-order valence-corrected chi connectivity index (χ4v) is 2.16. The molecular weight excluding hydrogens is 320 g/mol. The molecule has 6 nitrogen and oxygen atoms in total. The second-order valence-electron chi connectivity index (χ2n) is 5.47. The molecule has 1 aromatic rings. The zero-order valence-electron chi connectivity index (χ0n) is 13.4. The molecule has 0 bridgehead atoms. The minimum absolute atomic E-state index is 0.209. The molecule has 0 spiro atoms. The monoisotopic (exact) mass is 340 g/mol. The zero-order valence-corrected chi connectivity index (χ0v) is 14.1. The van der Waals surface area contributed by atoms with Crippen LogP contribution in [0.15, 0.2) is 24.3 Å². The normalized spacial score (nSPS) is 11.7. The first-order chi connectivity index (χ1) is 10.8.